The number of ketones is 1. The van der Waals surface area contributed by atoms with Gasteiger partial charge in [-0.1, -0.05) is 0 Å². The summed E-state index contributed by atoms with van der Waals surface area (Å²) in [5.74, 6) is 0.294. The molecule has 5 heteroatoms. The van der Waals surface area contributed by atoms with Crippen LogP contribution in [0.4, 0.5) is 0 Å². The van der Waals surface area contributed by atoms with Crippen LogP contribution in [-0.4, -0.2) is 44.2 Å². The third-order valence-corrected chi connectivity index (χ3v) is 3.01. The van der Waals surface area contributed by atoms with Gasteiger partial charge in [-0.3, -0.25) is 4.79 Å². The van der Waals surface area contributed by atoms with Crippen molar-refractivity contribution in [2.24, 2.45) is 5.92 Å². The molecule has 1 aliphatic heterocycles. The molecule has 0 radical (unpaired) electrons. The number of hydrogen-bond acceptors (Lipinski definition) is 5. The molecule has 2 heterocycles. The number of Topliss-reactive ketones (excluding diaryl/α,β-unsaturated/α-hetero) is 1. The van der Waals surface area contributed by atoms with Gasteiger partial charge in [-0.05, 0) is 19.2 Å². The van der Waals surface area contributed by atoms with Crippen LogP contribution in [0.15, 0.2) is 18.3 Å². The summed E-state index contributed by atoms with van der Waals surface area (Å²) in [6.07, 6.45) is 1.60. The number of aromatic nitrogens is 1. The summed E-state index contributed by atoms with van der Waals surface area (Å²) in [5, 5.41) is 3.09. The predicted octanol–water partition coefficient (Wildman–Crippen LogP) is 0.507. The molecule has 0 aliphatic carbocycles. The van der Waals surface area contributed by atoms with Gasteiger partial charge < -0.3 is 14.8 Å². The first-order valence-corrected chi connectivity index (χ1v) is 5.56. The van der Waals surface area contributed by atoms with Crippen molar-refractivity contribution in [2.75, 3.05) is 27.4 Å². The summed E-state index contributed by atoms with van der Waals surface area (Å²) in [6.45, 7) is 0.992. The van der Waals surface area contributed by atoms with E-state index in [2.05, 4.69) is 10.3 Å². The Morgan fingerprint density at radius 2 is 2.41 bits per heavy atom. The van der Waals surface area contributed by atoms with Crippen molar-refractivity contribution < 1.29 is 14.3 Å². The fraction of sp³-hybridized carbons (Fsp3) is 0.500. The van der Waals surface area contributed by atoms with Crippen molar-refractivity contribution in [3.63, 3.8) is 0 Å². The molecule has 0 amide bonds. The molecular weight excluding hydrogens is 220 g/mol. The van der Waals surface area contributed by atoms with Crippen LogP contribution in [-0.2, 0) is 4.74 Å². The molecule has 5 nitrogen and oxygen atoms in total. The average Bonchev–Trinajstić information content (AvgIpc) is 2.86. The van der Waals surface area contributed by atoms with Crippen LogP contribution in [0.3, 0.4) is 0 Å². The summed E-state index contributed by atoms with van der Waals surface area (Å²) < 4.78 is 10.5. The monoisotopic (exact) mass is 236 g/mol. The standard InChI is InChI=1S/C12H16N2O3/c1-13-9-7-17-6-8(9)12(15)11-10(16-2)4-3-5-14-11/h3-5,8-9,13H,6-7H2,1-2H3. The molecule has 92 valence electrons. The van der Waals surface area contributed by atoms with E-state index in [-0.39, 0.29) is 17.7 Å². The zero-order chi connectivity index (χ0) is 12.3. The smallest absolute Gasteiger partial charge is 0.192 e. The zero-order valence-corrected chi connectivity index (χ0v) is 9.97. The lowest BCUT2D eigenvalue weighted by atomic mass is 9.96. The van der Waals surface area contributed by atoms with E-state index in [0.29, 0.717) is 24.7 Å². The minimum absolute atomic E-state index is 0.0284. The highest BCUT2D eigenvalue weighted by atomic mass is 16.5. The van der Waals surface area contributed by atoms with Gasteiger partial charge in [0.25, 0.3) is 0 Å². The summed E-state index contributed by atoms with van der Waals surface area (Å²) in [7, 11) is 3.36. The van der Waals surface area contributed by atoms with Crippen LogP contribution in [0.25, 0.3) is 0 Å². The van der Waals surface area contributed by atoms with Crippen LogP contribution in [0.5, 0.6) is 5.75 Å². The van der Waals surface area contributed by atoms with Crippen LogP contribution in [0.2, 0.25) is 0 Å². The minimum atomic E-state index is -0.191. The highest BCUT2D eigenvalue weighted by Gasteiger charge is 2.35. The Morgan fingerprint density at radius 3 is 3.12 bits per heavy atom. The van der Waals surface area contributed by atoms with Gasteiger partial charge in [-0.2, -0.15) is 0 Å². The van der Waals surface area contributed by atoms with Crippen LogP contribution < -0.4 is 10.1 Å². The zero-order valence-electron chi connectivity index (χ0n) is 9.97. The number of ether oxygens (including phenoxy) is 2. The largest absolute Gasteiger partial charge is 0.494 e. The Morgan fingerprint density at radius 1 is 1.59 bits per heavy atom. The van der Waals surface area contributed by atoms with Crippen molar-refractivity contribution in [3.8, 4) is 5.75 Å². The third kappa shape index (κ3) is 2.30. The molecule has 1 aromatic heterocycles. The summed E-state index contributed by atoms with van der Waals surface area (Å²) >= 11 is 0. The number of nitrogens with zero attached hydrogens (tertiary/aromatic N) is 1. The fourth-order valence-electron chi connectivity index (χ4n) is 2.01. The number of likely N-dealkylation sites (N-methyl/N-ethyl adjacent to an activating group) is 1. The Bertz CT molecular complexity index is 408. The average molecular weight is 236 g/mol. The van der Waals surface area contributed by atoms with Gasteiger partial charge in [-0.25, -0.2) is 4.98 Å². The molecule has 1 aliphatic rings. The highest BCUT2D eigenvalue weighted by molar-refractivity contribution is 5.99. The van der Waals surface area contributed by atoms with Crippen molar-refractivity contribution in [2.45, 2.75) is 6.04 Å². The molecule has 2 unspecified atom stereocenters. The van der Waals surface area contributed by atoms with Crippen LogP contribution in [0.1, 0.15) is 10.5 Å². The third-order valence-electron chi connectivity index (χ3n) is 3.01. The Hall–Kier alpha value is -1.46. The molecular formula is C12H16N2O3. The maximum atomic E-state index is 12.3. The lowest BCUT2D eigenvalue weighted by molar-refractivity contribution is 0.0884. The van der Waals surface area contributed by atoms with Gasteiger partial charge in [0.15, 0.2) is 5.78 Å². The van der Waals surface area contributed by atoms with E-state index >= 15 is 0 Å². The van der Waals surface area contributed by atoms with Crippen molar-refractivity contribution >= 4 is 5.78 Å². The van der Waals surface area contributed by atoms with Crippen molar-refractivity contribution in [1.82, 2.24) is 10.3 Å². The van der Waals surface area contributed by atoms with E-state index in [1.165, 1.54) is 7.11 Å². The van der Waals surface area contributed by atoms with Gasteiger partial charge in [0.2, 0.25) is 0 Å². The molecule has 0 bridgehead atoms. The quantitative estimate of drug-likeness (QED) is 0.772. The van der Waals surface area contributed by atoms with Gasteiger partial charge in [0.05, 0.1) is 26.2 Å². The first kappa shape index (κ1) is 12.0. The Labute approximate surface area is 100 Å². The maximum Gasteiger partial charge on any atom is 0.192 e. The van der Waals surface area contributed by atoms with Gasteiger partial charge in [-0.15, -0.1) is 0 Å². The number of methoxy groups -OCH3 is 1. The molecule has 1 N–H and O–H groups in total. The minimum Gasteiger partial charge on any atom is -0.494 e. The first-order chi connectivity index (χ1) is 8.27. The van der Waals surface area contributed by atoms with E-state index in [1.54, 1.807) is 18.3 Å². The normalized spacial score (nSPS) is 23.6. The van der Waals surface area contributed by atoms with E-state index in [4.69, 9.17) is 9.47 Å². The number of carbonyl (C=O) groups excluding carboxylic acids is 1. The van der Waals surface area contributed by atoms with E-state index in [0.717, 1.165) is 0 Å². The number of nitrogens with one attached hydrogen (secondary N) is 1. The molecule has 0 spiro atoms. The lowest BCUT2D eigenvalue weighted by Crippen LogP contribution is -2.37. The topological polar surface area (TPSA) is 60.5 Å². The SMILES string of the molecule is CNC1COCC1C(=O)c1ncccc1OC. The second-order valence-electron chi connectivity index (χ2n) is 3.96. The summed E-state index contributed by atoms with van der Waals surface area (Å²) in [6, 6.07) is 3.54. The Kier molecular flexibility index (Phi) is 3.71. The molecule has 0 aromatic carbocycles. The number of rotatable bonds is 4. The first-order valence-electron chi connectivity index (χ1n) is 5.56. The Balaban J connectivity index is 2.24. The molecule has 0 saturated carbocycles. The predicted molar refractivity (Wildman–Crippen MR) is 62.3 cm³/mol. The number of pyridine rings is 1. The summed E-state index contributed by atoms with van der Waals surface area (Å²) in [4.78, 5) is 16.4. The number of hydrogen-bond donors (Lipinski definition) is 1. The van der Waals surface area contributed by atoms with Crippen LogP contribution in [0, 0.1) is 5.92 Å². The fourth-order valence-corrected chi connectivity index (χ4v) is 2.01. The molecule has 2 rings (SSSR count). The maximum absolute atomic E-state index is 12.3. The van der Waals surface area contributed by atoms with Gasteiger partial charge >= 0.3 is 0 Å². The second kappa shape index (κ2) is 5.25. The summed E-state index contributed by atoms with van der Waals surface area (Å²) in [5.41, 5.74) is 0.380. The van der Waals surface area contributed by atoms with Crippen molar-refractivity contribution in [1.29, 1.82) is 0 Å². The molecule has 2 atom stereocenters. The second-order valence-corrected chi connectivity index (χ2v) is 3.96. The van der Waals surface area contributed by atoms with Gasteiger partial charge in [0.1, 0.15) is 11.4 Å². The molecule has 17 heavy (non-hydrogen) atoms. The lowest BCUT2D eigenvalue weighted by Gasteiger charge is -2.16. The van der Waals surface area contributed by atoms with E-state index < -0.39 is 0 Å². The molecule has 1 aromatic rings. The van der Waals surface area contributed by atoms with Gasteiger partial charge in [0, 0.05) is 12.2 Å². The van der Waals surface area contributed by atoms with Crippen LogP contribution >= 0.6 is 0 Å². The van der Waals surface area contributed by atoms with E-state index in [9.17, 15) is 4.79 Å². The number of carbonyl (C=O) groups is 1. The van der Waals surface area contributed by atoms with E-state index in [1.807, 2.05) is 7.05 Å². The molecule has 1 saturated heterocycles. The highest BCUT2D eigenvalue weighted by Crippen LogP contribution is 2.23. The molecule has 1 fully saturated rings. The van der Waals surface area contributed by atoms with Crippen molar-refractivity contribution in [3.05, 3.63) is 24.0 Å².